The van der Waals surface area contributed by atoms with Crippen molar-refractivity contribution in [1.29, 1.82) is 0 Å². The Bertz CT molecular complexity index is 1420. The van der Waals surface area contributed by atoms with Gasteiger partial charge in [0.25, 0.3) is 11.5 Å². The summed E-state index contributed by atoms with van der Waals surface area (Å²) in [4.78, 5) is 26.1. The number of hydrogen-bond donors (Lipinski definition) is 3. The second-order valence-corrected chi connectivity index (χ2v) is 8.51. The number of benzene rings is 3. The molecule has 0 saturated carbocycles. The van der Waals surface area contributed by atoms with Gasteiger partial charge in [-0.15, -0.1) is 0 Å². The Hall–Kier alpha value is -4.17. The van der Waals surface area contributed by atoms with Gasteiger partial charge in [0.15, 0.2) is 5.11 Å². The molecule has 1 amide bonds. The molecule has 0 bridgehead atoms. The number of anilines is 3. The number of carbonyl (C=O) groups excluding carboxylic acids is 1. The van der Waals surface area contributed by atoms with E-state index in [1.807, 2.05) is 60.7 Å². The van der Waals surface area contributed by atoms with Gasteiger partial charge in [0.05, 0.1) is 11.4 Å². The van der Waals surface area contributed by atoms with Crippen LogP contribution in [0.25, 0.3) is 5.69 Å². The van der Waals surface area contributed by atoms with E-state index in [0.29, 0.717) is 22.1 Å². The van der Waals surface area contributed by atoms with E-state index in [2.05, 4.69) is 22.9 Å². The monoisotopic (exact) mass is 485 g/mol. The first-order valence-electron chi connectivity index (χ1n) is 11.3. The van der Waals surface area contributed by atoms with Gasteiger partial charge in [-0.3, -0.25) is 14.3 Å². The van der Waals surface area contributed by atoms with Crippen molar-refractivity contribution in [2.75, 3.05) is 16.0 Å². The van der Waals surface area contributed by atoms with Crippen LogP contribution in [0.2, 0.25) is 0 Å². The van der Waals surface area contributed by atoms with Gasteiger partial charge in [0, 0.05) is 24.0 Å². The minimum Gasteiger partial charge on any atom is -0.332 e. The average Bonchev–Trinajstić information content (AvgIpc) is 3.08. The molecular formula is C27H27N5O2S. The maximum atomic E-state index is 13.1. The molecule has 7 nitrogen and oxygen atoms in total. The molecule has 1 aromatic heterocycles. The van der Waals surface area contributed by atoms with Gasteiger partial charge < -0.3 is 16.0 Å². The lowest BCUT2D eigenvalue weighted by Gasteiger charge is -2.12. The molecular weight excluding hydrogens is 458 g/mol. The largest absolute Gasteiger partial charge is 0.332 e. The van der Waals surface area contributed by atoms with Crippen molar-refractivity contribution in [2.24, 2.45) is 7.05 Å². The molecule has 0 fully saturated rings. The Labute approximate surface area is 209 Å². The standard InChI is InChI=1S/C27H27N5O2S/c1-4-19-13-15-21(16-14-19)28-27(35)29-22-10-8-9-20(17-22)25(33)30-24-18(2)31(3)32(26(24)34)23-11-6-5-7-12-23/h5-17H,4H2,1-3H3,(H,30,33)(H2,28,29,35). The van der Waals surface area contributed by atoms with Gasteiger partial charge in [-0.05, 0) is 73.6 Å². The first-order chi connectivity index (χ1) is 16.9. The van der Waals surface area contributed by atoms with E-state index in [0.717, 1.165) is 17.8 Å². The molecule has 0 aliphatic rings. The molecule has 3 aromatic carbocycles. The van der Waals surface area contributed by atoms with E-state index in [1.54, 1.807) is 36.9 Å². The van der Waals surface area contributed by atoms with E-state index >= 15 is 0 Å². The topological polar surface area (TPSA) is 80.1 Å². The zero-order valence-electron chi connectivity index (χ0n) is 19.8. The van der Waals surface area contributed by atoms with Crippen LogP contribution in [-0.2, 0) is 13.5 Å². The summed E-state index contributed by atoms with van der Waals surface area (Å²) in [5.41, 5.74) is 4.51. The highest BCUT2D eigenvalue weighted by molar-refractivity contribution is 7.80. The molecule has 1 heterocycles. The van der Waals surface area contributed by atoms with Crippen LogP contribution >= 0.6 is 12.2 Å². The van der Waals surface area contributed by atoms with Crippen LogP contribution in [-0.4, -0.2) is 20.4 Å². The number of para-hydroxylation sites is 1. The molecule has 0 aliphatic carbocycles. The van der Waals surface area contributed by atoms with E-state index in [1.165, 1.54) is 10.2 Å². The summed E-state index contributed by atoms with van der Waals surface area (Å²) in [7, 11) is 1.79. The summed E-state index contributed by atoms with van der Waals surface area (Å²) >= 11 is 5.42. The van der Waals surface area contributed by atoms with Gasteiger partial charge in [-0.1, -0.05) is 43.3 Å². The van der Waals surface area contributed by atoms with Crippen LogP contribution in [0.4, 0.5) is 17.1 Å². The molecule has 4 rings (SSSR count). The van der Waals surface area contributed by atoms with Crippen molar-refractivity contribution in [3.63, 3.8) is 0 Å². The third-order valence-corrected chi connectivity index (χ3v) is 6.00. The zero-order valence-corrected chi connectivity index (χ0v) is 20.6. The van der Waals surface area contributed by atoms with Crippen LogP contribution in [0.3, 0.4) is 0 Å². The van der Waals surface area contributed by atoms with Crippen molar-refractivity contribution < 1.29 is 4.79 Å². The minimum absolute atomic E-state index is 0.243. The van der Waals surface area contributed by atoms with Crippen LogP contribution in [0.5, 0.6) is 0 Å². The van der Waals surface area contributed by atoms with Crippen LogP contribution in [0, 0.1) is 6.92 Å². The number of rotatable bonds is 6. The van der Waals surface area contributed by atoms with E-state index in [-0.39, 0.29) is 17.2 Å². The smallest absolute Gasteiger partial charge is 0.295 e. The lowest BCUT2D eigenvalue weighted by Crippen LogP contribution is -2.23. The molecule has 0 unspecified atom stereocenters. The number of hydrogen-bond acceptors (Lipinski definition) is 3. The highest BCUT2D eigenvalue weighted by atomic mass is 32.1. The third-order valence-electron chi connectivity index (χ3n) is 5.80. The molecule has 0 aliphatic heterocycles. The molecule has 3 N–H and O–H groups in total. The normalized spacial score (nSPS) is 10.6. The fourth-order valence-electron chi connectivity index (χ4n) is 3.75. The highest BCUT2D eigenvalue weighted by Gasteiger charge is 2.19. The minimum atomic E-state index is -0.381. The molecule has 0 atom stereocenters. The number of aryl methyl sites for hydroxylation is 1. The predicted octanol–water partition coefficient (Wildman–Crippen LogP) is 5.11. The molecule has 4 aromatic rings. The summed E-state index contributed by atoms with van der Waals surface area (Å²) in [6, 6.07) is 24.3. The fourth-order valence-corrected chi connectivity index (χ4v) is 3.99. The average molecular weight is 486 g/mol. The Balaban J connectivity index is 1.48. The van der Waals surface area contributed by atoms with Crippen LogP contribution < -0.4 is 21.5 Å². The summed E-state index contributed by atoms with van der Waals surface area (Å²) in [5.74, 6) is -0.381. The van der Waals surface area contributed by atoms with E-state index in [9.17, 15) is 9.59 Å². The molecule has 0 saturated heterocycles. The Kier molecular flexibility index (Phi) is 7.12. The Morgan fingerprint density at radius 2 is 1.57 bits per heavy atom. The Morgan fingerprint density at radius 3 is 2.26 bits per heavy atom. The van der Waals surface area contributed by atoms with Crippen LogP contribution in [0.1, 0.15) is 28.5 Å². The number of aromatic nitrogens is 2. The second-order valence-electron chi connectivity index (χ2n) is 8.10. The Morgan fingerprint density at radius 1 is 0.886 bits per heavy atom. The lowest BCUT2D eigenvalue weighted by molar-refractivity contribution is 0.102. The van der Waals surface area contributed by atoms with Crippen molar-refractivity contribution in [3.05, 3.63) is 106 Å². The number of amides is 1. The number of nitrogens with zero attached hydrogens (tertiary/aromatic N) is 2. The summed E-state index contributed by atoms with van der Waals surface area (Å²) in [6.07, 6.45) is 0.973. The predicted molar refractivity (Wildman–Crippen MR) is 146 cm³/mol. The summed E-state index contributed by atoms with van der Waals surface area (Å²) in [5, 5.41) is 9.45. The molecule has 0 radical (unpaired) electrons. The van der Waals surface area contributed by atoms with Gasteiger partial charge >= 0.3 is 0 Å². The summed E-state index contributed by atoms with van der Waals surface area (Å²) in [6.45, 7) is 3.90. The number of carbonyl (C=O) groups is 1. The van der Waals surface area contributed by atoms with Gasteiger partial charge in [0.2, 0.25) is 0 Å². The van der Waals surface area contributed by atoms with E-state index < -0.39 is 0 Å². The maximum absolute atomic E-state index is 13.1. The maximum Gasteiger partial charge on any atom is 0.295 e. The van der Waals surface area contributed by atoms with Gasteiger partial charge in [0.1, 0.15) is 5.69 Å². The van der Waals surface area contributed by atoms with Gasteiger partial charge in [-0.2, -0.15) is 0 Å². The molecule has 35 heavy (non-hydrogen) atoms. The zero-order chi connectivity index (χ0) is 24.9. The van der Waals surface area contributed by atoms with E-state index in [4.69, 9.17) is 12.2 Å². The van der Waals surface area contributed by atoms with Crippen molar-refractivity contribution in [3.8, 4) is 5.69 Å². The fraction of sp³-hybridized carbons (Fsp3) is 0.148. The first kappa shape index (κ1) is 24.0. The SMILES string of the molecule is CCc1ccc(NC(=S)Nc2cccc(C(=O)Nc3c(C)n(C)n(-c4ccccc4)c3=O)c2)cc1. The summed E-state index contributed by atoms with van der Waals surface area (Å²) < 4.78 is 3.25. The lowest BCUT2D eigenvalue weighted by atomic mass is 10.1. The molecule has 8 heteroatoms. The van der Waals surface area contributed by atoms with Crippen molar-refractivity contribution in [2.45, 2.75) is 20.3 Å². The first-order valence-corrected chi connectivity index (χ1v) is 11.7. The highest BCUT2D eigenvalue weighted by Crippen LogP contribution is 2.17. The second kappa shape index (κ2) is 10.4. The molecule has 0 spiro atoms. The van der Waals surface area contributed by atoms with Crippen LogP contribution in [0.15, 0.2) is 83.7 Å². The number of nitrogens with one attached hydrogen (secondary N) is 3. The van der Waals surface area contributed by atoms with Crippen molar-refractivity contribution >= 4 is 40.3 Å². The number of thiocarbonyl (C=S) groups is 1. The quantitative estimate of drug-likeness (QED) is 0.331. The van der Waals surface area contributed by atoms with Crippen molar-refractivity contribution in [1.82, 2.24) is 9.36 Å². The third kappa shape index (κ3) is 5.33. The molecule has 178 valence electrons. The van der Waals surface area contributed by atoms with Gasteiger partial charge in [-0.25, -0.2) is 4.68 Å².